The summed E-state index contributed by atoms with van der Waals surface area (Å²) in [7, 11) is 0. The molecule has 0 radical (unpaired) electrons. The van der Waals surface area contributed by atoms with E-state index in [9.17, 15) is 0 Å². The standard InChI is InChI=1S/C12H13N5O/c13-9-8(5-14-10(15-9)6-1-2-6)11-16-12(18-17-11)7-3-4-7/h5-7H,1-4H2,(H2,13,14,15). The van der Waals surface area contributed by atoms with Crippen LogP contribution in [-0.4, -0.2) is 20.1 Å². The average Bonchev–Trinajstić information content (AvgIpc) is 3.28. The monoisotopic (exact) mass is 243 g/mol. The number of anilines is 1. The largest absolute Gasteiger partial charge is 0.383 e. The predicted molar refractivity (Wildman–Crippen MR) is 63.7 cm³/mol. The van der Waals surface area contributed by atoms with E-state index in [-0.39, 0.29) is 0 Å². The Kier molecular flexibility index (Phi) is 1.95. The van der Waals surface area contributed by atoms with E-state index in [1.54, 1.807) is 6.20 Å². The molecule has 0 aromatic carbocycles. The zero-order valence-corrected chi connectivity index (χ0v) is 9.83. The van der Waals surface area contributed by atoms with Crippen molar-refractivity contribution in [2.75, 3.05) is 5.73 Å². The fourth-order valence-electron chi connectivity index (χ4n) is 1.96. The van der Waals surface area contributed by atoms with Crippen LogP contribution in [0.4, 0.5) is 5.82 Å². The van der Waals surface area contributed by atoms with Crippen LogP contribution >= 0.6 is 0 Å². The van der Waals surface area contributed by atoms with E-state index >= 15 is 0 Å². The molecule has 2 aromatic rings. The average molecular weight is 243 g/mol. The highest BCUT2D eigenvalue weighted by molar-refractivity contribution is 5.66. The first-order valence-electron chi connectivity index (χ1n) is 6.27. The van der Waals surface area contributed by atoms with Gasteiger partial charge in [0.15, 0.2) is 0 Å². The van der Waals surface area contributed by atoms with E-state index in [4.69, 9.17) is 10.3 Å². The summed E-state index contributed by atoms with van der Waals surface area (Å²) in [5.41, 5.74) is 6.61. The number of nitrogens with zero attached hydrogens (tertiary/aromatic N) is 4. The summed E-state index contributed by atoms with van der Waals surface area (Å²) in [4.78, 5) is 13.0. The van der Waals surface area contributed by atoms with Crippen molar-refractivity contribution in [3.05, 3.63) is 17.9 Å². The summed E-state index contributed by atoms with van der Waals surface area (Å²) in [5, 5.41) is 3.95. The van der Waals surface area contributed by atoms with Crippen molar-refractivity contribution in [2.45, 2.75) is 37.5 Å². The number of nitrogen functional groups attached to an aromatic ring is 1. The van der Waals surface area contributed by atoms with Crippen LogP contribution in [0.3, 0.4) is 0 Å². The highest BCUT2D eigenvalue weighted by Crippen LogP contribution is 2.40. The van der Waals surface area contributed by atoms with Crippen LogP contribution < -0.4 is 5.73 Å². The van der Waals surface area contributed by atoms with E-state index in [2.05, 4.69) is 20.1 Å². The fraction of sp³-hybridized carbons (Fsp3) is 0.500. The second kappa shape index (κ2) is 3.51. The molecule has 0 amide bonds. The van der Waals surface area contributed by atoms with E-state index in [1.807, 2.05) is 0 Å². The molecule has 0 atom stereocenters. The lowest BCUT2D eigenvalue weighted by molar-refractivity contribution is 0.380. The molecule has 0 unspecified atom stereocenters. The van der Waals surface area contributed by atoms with Gasteiger partial charge in [0.1, 0.15) is 11.6 Å². The minimum Gasteiger partial charge on any atom is -0.383 e. The minimum absolute atomic E-state index is 0.440. The molecule has 0 bridgehead atoms. The van der Waals surface area contributed by atoms with Crippen molar-refractivity contribution in [1.29, 1.82) is 0 Å². The highest BCUT2D eigenvalue weighted by Gasteiger charge is 2.31. The van der Waals surface area contributed by atoms with E-state index in [0.29, 0.717) is 34.9 Å². The van der Waals surface area contributed by atoms with Crippen molar-refractivity contribution in [1.82, 2.24) is 20.1 Å². The molecule has 6 nitrogen and oxygen atoms in total. The SMILES string of the molecule is Nc1nc(C2CC2)ncc1-c1noc(C2CC2)n1. The minimum atomic E-state index is 0.440. The Morgan fingerprint density at radius 1 is 1.11 bits per heavy atom. The summed E-state index contributed by atoms with van der Waals surface area (Å²) < 4.78 is 5.22. The van der Waals surface area contributed by atoms with Gasteiger partial charge in [0, 0.05) is 18.0 Å². The molecule has 92 valence electrons. The Bertz CT molecular complexity index is 600. The zero-order chi connectivity index (χ0) is 12.1. The number of hydrogen-bond acceptors (Lipinski definition) is 6. The lowest BCUT2D eigenvalue weighted by Crippen LogP contribution is -2.01. The number of aromatic nitrogens is 4. The maximum absolute atomic E-state index is 5.95. The van der Waals surface area contributed by atoms with Gasteiger partial charge in [0.25, 0.3) is 0 Å². The van der Waals surface area contributed by atoms with Crippen LogP contribution in [0, 0.1) is 0 Å². The molecule has 2 fully saturated rings. The van der Waals surface area contributed by atoms with Crippen LogP contribution in [0.5, 0.6) is 0 Å². The number of hydrogen-bond donors (Lipinski definition) is 1. The fourth-order valence-corrected chi connectivity index (χ4v) is 1.96. The van der Waals surface area contributed by atoms with Crippen LogP contribution in [-0.2, 0) is 0 Å². The Hall–Kier alpha value is -1.98. The third-order valence-corrected chi connectivity index (χ3v) is 3.39. The van der Waals surface area contributed by atoms with E-state index in [1.165, 1.54) is 0 Å². The first-order chi connectivity index (χ1) is 8.81. The van der Waals surface area contributed by atoms with Crippen molar-refractivity contribution in [3.8, 4) is 11.4 Å². The normalized spacial score (nSPS) is 19.1. The predicted octanol–water partition coefficient (Wildman–Crippen LogP) is 1.86. The molecule has 2 aliphatic rings. The molecule has 0 saturated heterocycles. The van der Waals surface area contributed by atoms with Gasteiger partial charge in [-0.25, -0.2) is 9.97 Å². The first kappa shape index (κ1) is 9.99. The molecule has 0 spiro atoms. The van der Waals surface area contributed by atoms with Gasteiger partial charge < -0.3 is 10.3 Å². The number of nitrogens with two attached hydrogens (primary N) is 1. The maximum atomic E-state index is 5.95. The Labute approximate surface area is 104 Å². The molecular weight excluding hydrogens is 230 g/mol. The van der Waals surface area contributed by atoms with Crippen molar-refractivity contribution < 1.29 is 4.52 Å². The van der Waals surface area contributed by atoms with Gasteiger partial charge in [-0.05, 0) is 25.7 Å². The zero-order valence-electron chi connectivity index (χ0n) is 9.83. The molecule has 18 heavy (non-hydrogen) atoms. The first-order valence-corrected chi connectivity index (χ1v) is 6.27. The summed E-state index contributed by atoms with van der Waals surface area (Å²) in [6.45, 7) is 0. The molecule has 2 aliphatic carbocycles. The Balaban J connectivity index is 1.69. The smallest absolute Gasteiger partial charge is 0.230 e. The van der Waals surface area contributed by atoms with Crippen molar-refractivity contribution in [3.63, 3.8) is 0 Å². The van der Waals surface area contributed by atoms with Crippen LogP contribution in [0.1, 0.15) is 49.2 Å². The van der Waals surface area contributed by atoms with Gasteiger partial charge in [0.05, 0.1) is 5.56 Å². The van der Waals surface area contributed by atoms with Crippen molar-refractivity contribution in [2.24, 2.45) is 0 Å². The topological polar surface area (TPSA) is 90.7 Å². The molecular formula is C12H13N5O. The van der Waals surface area contributed by atoms with Crippen LogP contribution in [0.15, 0.2) is 10.7 Å². The molecule has 2 aromatic heterocycles. The summed E-state index contributed by atoms with van der Waals surface area (Å²) in [5.74, 6) is 3.41. The maximum Gasteiger partial charge on any atom is 0.230 e. The highest BCUT2D eigenvalue weighted by atomic mass is 16.5. The molecule has 4 rings (SSSR count). The molecule has 0 aliphatic heterocycles. The summed E-state index contributed by atoms with van der Waals surface area (Å²) >= 11 is 0. The quantitative estimate of drug-likeness (QED) is 0.884. The lowest BCUT2D eigenvalue weighted by atomic mass is 10.2. The molecule has 2 saturated carbocycles. The summed E-state index contributed by atoms with van der Waals surface area (Å²) in [6, 6.07) is 0. The van der Waals surface area contributed by atoms with Crippen LogP contribution in [0.2, 0.25) is 0 Å². The molecule has 2 N–H and O–H groups in total. The summed E-state index contributed by atoms with van der Waals surface area (Å²) in [6.07, 6.45) is 6.29. The van der Waals surface area contributed by atoms with Gasteiger partial charge in [0.2, 0.25) is 11.7 Å². The van der Waals surface area contributed by atoms with Gasteiger partial charge in [-0.1, -0.05) is 5.16 Å². The van der Waals surface area contributed by atoms with Gasteiger partial charge >= 0.3 is 0 Å². The van der Waals surface area contributed by atoms with E-state index in [0.717, 1.165) is 31.5 Å². The van der Waals surface area contributed by atoms with Gasteiger partial charge in [-0.3, -0.25) is 0 Å². The molecule has 2 heterocycles. The van der Waals surface area contributed by atoms with E-state index < -0.39 is 0 Å². The Morgan fingerprint density at radius 3 is 2.56 bits per heavy atom. The second-order valence-corrected chi connectivity index (χ2v) is 5.03. The van der Waals surface area contributed by atoms with Crippen molar-refractivity contribution >= 4 is 5.82 Å². The number of rotatable bonds is 3. The third-order valence-electron chi connectivity index (χ3n) is 3.39. The van der Waals surface area contributed by atoms with Gasteiger partial charge in [-0.2, -0.15) is 4.98 Å². The Morgan fingerprint density at radius 2 is 1.89 bits per heavy atom. The third kappa shape index (κ3) is 1.64. The second-order valence-electron chi connectivity index (χ2n) is 5.03. The van der Waals surface area contributed by atoms with Gasteiger partial charge in [-0.15, -0.1) is 0 Å². The van der Waals surface area contributed by atoms with Crippen LogP contribution in [0.25, 0.3) is 11.4 Å². The molecule has 6 heteroatoms. The lowest BCUT2D eigenvalue weighted by Gasteiger charge is -2.01.